The Kier molecular flexibility index (Phi) is 4.68. The Bertz CT molecular complexity index is 1060. The molecule has 2 aromatic carbocycles. The van der Waals surface area contributed by atoms with Gasteiger partial charge in [0.15, 0.2) is 0 Å². The minimum absolute atomic E-state index is 0.0115. The molecule has 0 radical (unpaired) electrons. The number of nitrogens with zero attached hydrogens (tertiary/aromatic N) is 2. The lowest BCUT2D eigenvalue weighted by molar-refractivity contribution is 0.0765. The second-order valence-electron chi connectivity index (χ2n) is 8.10. The highest BCUT2D eigenvalue weighted by Crippen LogP contribution is 2.30. The number of rotatable bonds is 3. The third-order valence-corrected chi connectivity index (χ3v) is 6.22. The van der Waals surface area contributed by atoms with Crippen molar-refractivity contribution in [2.45, 2.75) is 25.4 Å². The van der Waals surface area contributed by atoms with Gasteiger partial charge in [-0.3, -0.25) is 9.78 Å². The Morgan fingerprint density at radius 1 is 1.14 bits per heavy atom. The summed E-state index contributed by atoms with van der Waals surface area (Å²) in [6.45, 7) is 1.86. The minimum atomic E-state index is -0.515. The molecule has 2 aliphatic heterocycles. The van der Waals surface area contributed by atoms with Crippen molar-refractivity contribution in [3.63, 3.8) is 0 Å². The molecule has 0 spiro atoms. The Morgan fingerprint density at radius 2 is 2.03 bits per heavy atom. The maximum absolute atomic E-state index is 13.2. The zero-order valence-corrected chi connectivity index (χ0v) is 16.3. The Hall–Kier alpha value is -2.92. The van der Waals surface area contributed by atoms with Gasteiger partial charge in [0.25, 0.3) is 5.91 Å². The molecule has 1 fully saturated rings. The first-order valence-electron chi connectivity index (χ1n) is 10.4. The van der Waals surface area contributed by atoms with Gasteiger partial charge in [0.1, 0.15) is 0 Å². The molecule has 2 N–H and O–H groups in total. The topological polar surface area (TPSA) is 65.5 Å². The molecule has 0 aliphatic carbocycles. The number of aliphatic hydroxyl groups is 1. The number of benzene rings is 2. The molecule has 2 aliphatic rings. The molecular weight excluding hydrogens is 362 g/mol. The molecule has 0 bridgehead atoms. The Labute approximate surface area is 170 Å². The van der Waals surface area contributed by atoms with Gasteiger partial charge in [-0.05, 0) is 48.6 Å². The predicted molar refractivity (Wildman–Crippen MR) is 114 cm³/mol. The van der Waals surface area contributed by atoms with Gasteiger partial charge in [0.05, 0.1) is 22.9 Å². The van der Waals surface area contributed by atoms with Gasteiger partial charge in [0, 0.05) is 37.1 Å². The van der Waals surface area contributed by atoms with Gasteiger partial charge in [0.2, 0.25) is 0 Å². The monoisotopic (exact) mass is 387 g/mol. The summed E-state index contributed by atoms with van der Waals surface area (Å²) in [5.41, 5.74) is 5.05. The van der Waals surface area contributed by atoms with E-state index in [-0.39, 0.29) is 11.8 Å². The average molecular weight is 387 g/mol. The number of β-amino-alcohol motifs (C(OH)–C–C–N with tert-alkyl or cyclic N) is 1. The molecule has 5 rings (SSSR count). The summed E-state index contributed by atoms with van der Waals surface area (Å²) in [4.78, 5) is 19.5. The van der Waals surface area contributed by atoms with E-state index < -0.39 is 6.10 Å². The molecule has 148 valence electrons. The number of aromatic nitrogens is 1. The molecule has 1 amide bonds. The van der Waals surface area contributed by atoms with E-state index in [1.54, 1.807) is 0 Å². The summed E-state index contributed by atoms with van der Waals surface area (Å²) in [5, 5.41) is 15.2. The van der Waals surface area contributed by atoms with Crippen molar-refractivity contribution in [2.75, 3.05) is 25.0 Å². The second-order valence-corrected chi connectivity index (χ2v) is 8.10. The molecule has 3 aromatic rings. The van der Waals surface area contributed by atoms with Gasteiger partial charge in [-0.1, -0.05) is 30.3 Å². The molecule has 5 heteroatoms. The molecule has 3 heterocycles. The standard InChI is InChI=1S/C24H25N3O2/c28-22-15-27(24(29)20-8-3-5-16-6-4-11-26-23(16)20)14-18(22)13-17-10-12-25-21-9-2-1-7-19(17)21/h1-3,5,7-10,12,18,22,26,28H,4,6,11,13-15H2/t18-,22-/m1/s1. The number of carbonyl (C=O) groups is 1. The van der Waals surface area contributed by atoms with E-state index in [0.717, 1.165) is 48.0 Å². The van der Waals surface area contributed by atoms with Crippen molar-refractivity contribution in [1.82, 2.24) is 9.88 Å². The van der Waals surface area contributed by atoms with Crippen LogP contribution in [0.5, 0.6) is 0 Å². The van der Waals surface area contributed by atoms with Gasteiger partial charge in [-0.2, -0.15) is 0 Å². The van der Waals surface area contributed by atoms with Crippen molar-refractivity contribution in [3.05, 3.63) is 71.4 Å². The molecular formula is C24H25N3O2. The lowest BCUT2D eigenvalue weighted by Gasteiger charge is -2.23. The Balaban J connectivity index is 1.37. The van der Waals surface area contributed by atoms with Gasteiger partial charge >= 0.3 is 0 Å². The quantitative estimate of drug-likeness (QED) is 0.724. The van der Waals surface area contributed by atoms with Crippen molar-refractivity contribution < 1.29 is 9.90 Å². The van der Waals surface area contributed by atoms with Gasteiger partial charge in [-0.25, -0.2) is 0 Å². The fourth-order valence-corrected chi connectivity index (χ4v) is 4.69. The maximum atomic E-state index is 13.2. The van der Waals surface area contributed by atoms with Crippen LogP contribution in [0, 0.1) is 5.92 Å². The molecule has 5 nitrogen and oxygen atoms in total. The largest absolute Gasteiger partial charge is 0.391 e. The van der Waals surface area contributed by atoms with Crippen LogP contribution in [0.3, 0.4) is 0 Å². The van der Waals surface area contributed by atoms with E-state index in [0.29, 0.717) is 13.1 Å². The van der Waals surface area contributed by atoms with Crippen molar-refractivity contribution >= 4 is 22.5 Å². The third kappa shape index (κ3) is 3.36. The predicted octanol–water partition coefficient (Wildman–Crippen LogP) is 3.27. The minimum Gasteiger partial charge on any atom is -0.391 e. The number of hydrogen-bond acceptors (Lipinski definition) is 4. The number of hydrogen-bond donors (Lipinski definition) is 2. The summed E-state index contributed by atoms with van der Waals surface area (Å²) in [6.07, 6.45) is 4.14. The number of amides is 1. The van der Waals surface area contributed by atoms with Crippen molar-refractivity contribution in [3.8, 4) is 0 Å². The van der Waals surface area contributed by atoms with Crippen molar-refractivity contribution in [1.29, 1.82) is 0 Å². The van der Waals surface area contributed by atoms with E-state index in [1.807, 2.05) is 47.5 Å². The van der Waals surface area contributed by atoms with Crippen molar-refractivity contribution in [2.24, 2.45) is 5.92 Å². The zero-order chi connectivity index (χ0) is 19.8. The van der Waals surface area contributed by atoms with Crippen LogP contribution < -0.4 is 5.32 Å². The number of nitrogens with one attached hydrogen (secondary N) is 1. The van der Waals surface area contributed by atoms with Crippen LogP contribution in [0.1, 0.15) is 27.9 Å². The summed E-state index contributed by atoms with van der Waals surface area (Å²) < 4.78 is 0. The second kappa shape index (κ2) is 7.48. The molecule has 0 unspecified atom stereocenters. The number of fused-ring (bicyclic) bond motifs is 2. The summed E-state index contributed by atoms with van der Waals surface area (Å²) in [5.74, 6) is 0.0367. The number of para-hydroxylation sites is 2. The number of aliphatic hydroxyl groups excluding tert-OH is 1. The van der Waals surface area contributed by atoms with Crippen LogP contribution in [-0.2, 0) is 12.8 Å². The highest BCUT2D eigenvalue weighted by atomic mass is 16.3. The number of pyridine rings is 1. The van der Waals surface area contributed by atoms with Crippen LogP contribution in [0.4, 0.5) is 5.69 Å². The van der Waals surface area contributed by atoms with E-state index in [4.69, 9.17) is 0 Å². The Morgan fingerprint density at radius 3 is 2.97 bits per heavy atom. The molecule has 1 saturated heterocycles. The first-order valence-corrected chi connectivity index (χ1v) is 10.4. The third-order valence-electron chi connectivity index (χ3n) is 6.22. The highest BCUT2D eigenvalue weighted by Gasteiger charge is 2.35. The van der Waals surface area contributed by atoms with E-state index in [2.05, 4.69) is 22.4 Å². The van der Waals surface area contributed by atoms with Gasteiger partial charge < -0.3 is 15.3 Å². The lowest BCUT2D eigenvalue weighted by atomic mass is 9.94. The normalized spacial score (nSPS) is 21.1. The first-order chi connectivity index (χ1) is 14.2. The zero-order valence-electron chi connectivity index (χ0n) is 16.3. The van der Waals surface area contributed by atoms with Crippen LogP contribution in [-0.4, -0.2) is 46.6 Å². The fourth-order valence-electron chi connectivity index (χ4n) is 4.69. The van der Waals surface area contributed by atoms with Crippen LogP contribution in [0.25, 0.3) is 10.9 Å². The summed E-state index contributed by atoms with van der Waals surface area (Å²) in [6, 6.07) is 16.1. The molecule has 1 aromatic heterocycles. The van der Waals surface area contributed by atoms with Crippen LogP contribution in [0.2, 0.25) is 0 Å². The van der Waals surface area contributed by atoms with Crippen LogP contribution in [0.15, 0.2) is 54.7 Å². The average Bonchev–Trinajstić information content (AvgIpc) is 3.13. The molecule has 29 heavy (non-hydrogen) atoms. The van der Waals surface area contributed by atoms with E-state index >= 15 is 0 Å². The number of anilines is 1. The highest BCUT2D eigenvalue weighted by molar-refractivity contribution is 6.00. The molecule has 2 atom stereocenters. The number of aryl methyl sites for hydroxylation is 1. The van der Waals surface area contributed by atoms with E-state index in [1.165, 1.54) is 11.1 Å². The smallest absolute Gasteiger partial charge is 0.256 e. The van der Waals surface area contributed by atoms with Crippen LogP contribution >= 0.6 is 0 Å². The fraction of sp³-hybridized carbons (Fsp3) is 0.333. The maximum Gasteiger partial charge on any atom is 0.256 e. The summed E-state index contributed by atoms with van der Waals surface area (Å²) >= 11 is 0. The van der Waals surface area contributed by atoms with E-state index in [9.17, 15) is 9.90 Å². The molecule has 0 saturated carbocycles. The number of carbonyl (C=O) groups excluding carboxylic acids is 1. The number of likely N-dealkylation sites (tertiary alicyclic amines) is 1. The lowest BCUT2D eigenvalue weighted by Crippen LogP contribution is -2.31. The SMILES string of the molecule is O=C(c1cccc2c1NCCC2)N1C[C@@H](Cc2ccnc3ccccc23)[C@H](O)C1. The van der Waals surface area contributed by atoms with Gasteiger partial charge in [-0.15, -0.1) is 0 Å². The summed E-state index contributed by atoms with van der Waals surface area (Å²) in [7, 11) is 0. The first kappa shape index (κ1) is 18.1.